The highest BCUT2D eigenvalue weighted by atomic mass is 15.4. The van der Waals surface area contributed by atoms with Gasteiger partial charge in [-0.15, -0.1) is 0 Å². The minimum Gasteiger partial charge on any atom is -0.382 e. The van der Waals surface area contributed by atoms with Crippen LogP contribution >= 0.6 is 0 Å². The van der Waals surface area contributed by atoms with Gasteiger partial charge in [0.05, 0.1) is 12.2 Å². The normalized spacial score (nSPS) is 15.0. The van der Waals surface area contributed by atoms with E-state index in [1.54, 1.807) is 6.33 Å². The summed E-state index contributed by atoms with van der Waals surface area (Å²) < 4.78 is 3.86. The molecule has 0 amide bonds. The molecule has 8 heteroatoms. The van der Waals surface area contributed by atoms with Gasteiger partial charge in [-0.2, -0.15) is 19.7 Å². The van der Waals surface area contributed by atoms with Crippen molar-refractivity contribution < 1.29 is 0 Å². The lowest BCUT2D eigenvalue weighted by Crippen LogP contribution is -2.27. The summed E-state index contributed by atoms with van der Waals surface area (Å²) in [6.07, 6.45) is 3.47. The largest absolute Gasteiger partial charge is 0.382 e. The second-order valence-corrected chi connectivity index (χ2v) is 5.88. The SMILES string of the molecule is CCc1c(C)nc2ncnn2c1N1CCCn2nc(N)cc2C1. The number of aryl methyl sites for hydroxylation is 2. The molecule has 120 valence electrons. The van der Waals surface area contributed by atoms with Crippen LogP contribution in [-0.2, 0) is 19.5 Å². The summed E-state index contributed by atoms with van der Waals surface area (Å²) in [5, 5.41) is 8.76. The van der Waals surface area contributed by atoms with E-state index < -0.39 is 0 Å². The molecule has 0 atom stereocenters. The van der Waals surface area contributed by atoms with Crippen molar-refractivity contribution in [3.63, 3.8) is 0 Å². The van der Waals surface area contributed by atoms with Crippen molar-refractivity contribution in [2.24, 2.45) is 0 Å². The number of fused-ring (bicyclic) bond motifs is 2. The van der Waals surface area contributed by atoms with Crippen LogP contribution in [0.1, 0.15) is 30.3 Å². The van der Waals surface area contributed by atoms with E-state index >= 15 is 0 Å². The van der Waals surface area contributed by atoms with Gasteiger partial charge in [-0.25, -0.2) is 4.98 Å². The molecule has 0 saturated heterocycles. The number of aromatic nitrogens is 6. The molecule has 23 heavy (non-hydrogen) atoms. The summed E-state index contributed by atoms with van der Waals surface area (Å²) in [5.74, 6) is 2.31. The molecule has 0 bridgehead atoms. The van der Waals surface area contributed by atoms with Gasteiger partial charge in [0.25, 0.3) is 5.78 Å². The molecule has 0 radical (unpaired) electrons. The maximum Gasteiger partial charge on any atom is 0.254 e. The fraction of sp³-hybridized carbons (Fsp3) is 0.467. The molecule has 4 rings (SSSR count). The maximum atomic E-state index is 5.86. The van der Waals surface area contributed by atoms with Crippen molar-refractivity contribution in [3.05, 3.63) is 29.3 Å². The van der Waals surface area contributed by atoms with Gasteiger partial charge in [-0.1, -0.05) is 6.92 Å². The van der Waals surface area contributed by atoms with Gasteiger partial charge in [-0.05, 0) is 19.8 Å². The summed E-state index contributed by atoms with van der Waals surface area (Å²) in [6.45, 7) is 6.77. The highest BCUT2D eigenvalue weighted by molar-refractivity contribution is 5.55. The lowest BCUT2D eigenvalue weighted by Gasteiger charge is -2.25. The van der Waals surface area contributed by atoms with Gasteiger partial charge in [0.15, 0.2) is 0 Å². The standard InChI is InChI=1S/C15H20N8/c1-3-12-10(2)19-15-17-9-18-23(15)14(12)21-5-4-6-22-11(8-21)7-13(16)20-22/h7,9H,3-6,8H2,1-2H3,(H2,16,20). The molecule has 1 aliphatic heterocycles. The Bertz CT molecular complexity index is 862. The molecule has 2 N–H and O–H groups in total. The molecule has 3 aromatic rings. The average Bonchev–Trinajstić information content (AvgIpc) is 3.06. The minimum absolute atomic E-state index is 0.578. The Kier molecular flexibility index (Phi) is 3.17. The predicted octanol–water partition coefficient (Wildman–Crippen LogP) is 1.18. The number of hydrogen-bond acceptors (Lipinski definition) is 6. The highest BCUT2D eigenvalue weighted by Crippen LogP contribution is 2.27. The third-order valence-corrected chi connectivity index (χ3v) is 4.39. The summed E-state index contributed by atoms with van der Waals surface area (Å²) in [6, 6.07) is 1.95. The van der Waals surface area contributed by atoms with Crippen LogP contribution in [0.25, 0.3) is 5.78 Å². The van der Waals surface area contributed by atoms with Crippen molar-refractivity contribution in [1.82, 2.24) is 29.4 Å². The van der Waals surface area contributed by atoms with Crippen molar-refractivity contribution in [3.8, 4) is 0 Å². The van der Waals surface area contributed by atoms with E-state index in [9.17, 15) is 0 Å². The Morgan fingerprint density at radius 2 is 2.17 bits per heavy atom. The lowest BCUT2D eigenvalue weighted by molar-refractivity contribution is 0.593. The van der Waals surface area contributed by atoms with Crippen molar-refractivity contribution in [2.75, 3.05) is 17.2 Å². The molecule has 3 aromatic heterocycles. The van der Waals surface area contributed by atoms with E-state index in [0.29, 0.717) is 11.6 Å². The highest BCUT2D eigenvalue weighted by Gasteiger charge is 2.23. The predicted molar refractivity (Wildman–Crippen MR) is 87.2 cm³/mol. The summed E-state index contributed by atoms with van der Waals surface area (Å²) in [4.78, 5) is 11.2. The Labute approximate surface area is 133 Å². The fourth-order valence-corrected chi connectivity index (χ4v) is 3.37. The van der Waals surface area contributed by atoms with Crippen LogP contribution < -0.4 is 10.6 Å². The number of nitrogens with two attached hydrogens (primary N) is 1. The third-order valence-electron chi connectivity index (χ3n) is 4.39. The average molecular weight is 312 g/mol. The van der Waals surface area contributed by atoms with E-state index in [1.807, 2.05) is 22.2 Å². The number of nitrogens with zero attached hydrogens (tertiary/aromatic N) is 7. The first-order valence-electron chi connectivity index (χ1n) is 7.93. The van der Waals surface area contributed by atoms with E-state index in [4.69, 9.17) is 5.73 Å². The molecule has 0 fully saturated rings. The Balaban J connectivity index is 1.86. The zero-order valence-electron chi connectivity index (χ0n) is 13.4. The first-order valence-corrected chi connectivity index (χ1v) is 7.93. The van der Waals surface area contributed by atoms with E-state index in [2.05, 4.69) is 32.0 Å². The lowest BCUT2D eigenvalue weighted by atomic mass is 10.1. The van der Waals surface area contributed by atoms with E-state index in [1.165, 1.54) is 5.56 Å². The van der Waals surface area contributed by atoms with Crippen LogP contribution in [0.2, 0.25) is 0 Å². The van der Waals surface area contributed by atoms with Gasteiger partial charge in [0.1, 0.15) is 18.0 Å². The van der Waals surface area contributed by atoms with Crippen LogP contribution in [0.4, 0.5) is 11.6 Å². The van der Waals surface area contributed by atoms with Crippen LogP contribution in [-0.4, -0.2) is 35.9 Å². The topological polar surface area (TPSA) is 90.2 Å². The number of hydrogen-bond donors (Lipinski definition) is 1. The zero-order valence-corrected chi connectivity index (χ0v) is 13.4. The second kappa shape index (κ2) is 5.22. The second-order valence-electron chi connectivity index (χ2n) is 5.88. The summed E-state index contributed by atoms with van der Waals surface area (Å²) >= 11 is 0. The molecule has 0 aliphatic carbocycles. The van der Waals surface area contributed by atoms with Crippen molar-refractivity contribution in [2.45, 2.75) is 39.8 Å². The van der Waals surface area contributed by atoms with Crippen LogP contribution in [0.5, 0.6) is 0 Å². The van der Waals surface area contributed by atoms with E-state index in [-0.39, 0.29) is 0 Å². The van der Waals surface area contributed by atoms with Crippen molar-refractivity contribution >= 4 is 17.4 Å². The van der Waals surface area contributed by atoms with Crippen LogP contribution in [0.15, 0.2) is 12.4 Å². The maximum absolute atomic E-state index is 5.86. The number of nitrogen functional groups attached to an aromatic ring is 1. The molecule has 4 heterocycles. The molecule has 1 aliphatic rings. The summed E-state index contributed by atoms with van der Waals surface area (Å²) in [5.41, 5.74) is 9.22. The van der Waals surface area contributed by atoms with Gasteiger partial charge in [-0.3, -0.25) is 4.68 Å². The molecular weight excluding hydrogens is 292 g/mol. The van der Waals surface area contributed by atoms with E-state index in [0.717, 1.165) is 49.7 Å². The van der Waals surface area contributed by atoms with Crippen LogP contribution in [0, 0.1) is 6.92 Å². The number of anilines is 2. The molecule has 0 saturated carbocycles. The Morgan fingerprint density at radius 1 is 1.30 bits per heavy atom. The van der Waals surface area contributed by atoms with Gasteiger partial charge in [0.2, 0.25) is 0 Å². The van der Waals surface area contributed by atoms with Gasteiger partial charge >= 0.3 is 0 Å². The Morgan fingerprint density at radius 3 is 3.00 bits per heavy atom. The summed E-state index contributed by atoms with van der Waals surface area (Å²) in [7, 11) is 0. The van der Waals surface area contributed by atoms with Gasteiger partial charge < -0.3 is 10.6 Å². The molecule has 0 unspecified atom stereocenters. The molecule has 0 spiro atoms. The van der Waals surface area contributed by atoms with Gasteiger partial charge in [0, 0.05) is 30.4 Å². The molecule has 8 nitrogen and oxygen atoms in total. The minimum atomic E-state index is 0.578. The van der Waals surface area contributed by atoms with Crippen molar-refractivity contribution in [1.29, 1.82) is 0 Å². The fourth-order valence-electron chi connectivity index (χ4n) is 3.37. The molecular formula is C15H20N8. The third kappa shape index (κ3) is 2.21. The Hall–Kier alpha value is -2.64. The first-order chi connectivity index (χ1) is 11.2. The van der Waals surface area contributed by atoms with Crippen LogP contribution in [0.3, 0.4) is 0 Å². The molecule has 0 aromatic carbocycles. The smallest absolute Gasteiger partial charge is 0.254 e. The zero-order chi connectivity index (χ0) is 16.0. The first kappa shape index (κ1) is 14.0. The monoisotopic (exact) mass is 312 g/mol. The number of rotatable bonds is 2. The quantitative estimate of drug-likeness (QED) is 0.764.